The molecule has 1 aromatic carbocycles. The van der Waals surface area contributed by atoms with Crippen molar-refractivity contribution in [2.75, 3.05) is 0 Å². The highest BCUT2D eigenvalue weighted by molar-refractivity contribution is 5.41. The van der Waals surface area contributed by atoms with Crippen molar-refractivity contribution in [2.24, 2.45) is 10.8 Å². The van der Waals surface area contributed by atoms with Crippen LogP contribution in [0.5, 0.6) is 0 Å². The van der Waals surface area contributed by atoms with Gasteiger partial charge in [0.2, 0.25) is 0 Å². The summed E-state index contributed by atoms with van der Waals surface area (Å²) in [5, 5.41) is 20.6. The molecule has 1 saturated carbocycles. The molecule has 1 fully saturated rings. The molecule has 4 nitrogen and oxygen atoms in total. The Labute approximate surface area is 123 Å². The third-order valence-corrected chi connectivity index (χ3v) is 4.56. The van der Waals surface area contributed by atoms with E-state index in [9.17, 15) is 19.8 Å². The highest BCUT2D eigenvalue weighted by atomic mass is 19.1. The number of benzene rings is 1. The molecule has 21 heavy (non-hydrogen) atoms. The van der Waals surface area contributed by atoms with Gasteiger partial charge >= 0.3 is 0 Å². The maximum absolute atomic E-state index is 13.4. The van der Waals surface area contributed by atoms with Crippen LogP contribution < -0.4 is 0 Å². The second-order valence-corrected chi connectivity index (χ2v) is 6.76. The predicted octanol–water partition coefficient (Wildman–Crippen LogP) is 4.39. The van der Waals surface area contributed by atoms with Crippen LogP contribution in [0, 0.1) is 38.1 Å². The second kappa shape index (κ2) is 5.44. The van der Waals surface area contributed by atoms with Crippen LogP contribution in [0.4, 0.5) is 10.1 Å². The van der Waals surface area contributed by atoms with E-state index in [1.54, 1.807) is 0 Å². The molecule has 0 aliphatic heterocycles. The molecule has 0 saturated heterocycles. The molecule has 0 heterocycles. The molecule has 5 heteroatoms. The first-order chi connectivity index (χ1) is 9.77. The summed E-state index contributed by atoms with van der Waals surface area (Å²) in [6.45, 7) is 4.33. The van der Waals surface area contributed by atoms with Gasteiger partial charge in [0.25, 0.3) is 5.69 Å². The van der Waals surface area contributed by atoms with Gasteiger partial charge < -0.3 is 0 Å². The lowest BCUT2D eigenvalue weighted by Gasteiger charge is -2.39. The number of hydrogen-bond donors (Lipinski definition) is 0. The summed E-state index contributed by atoms with van der Waals surface area (Å²) < 4.78 is 13.4. The van der Waals surface area contributed by atoms with Crippen LogP contribution >= 0.6 is 0 Å². The first kappa shape index (κ1) is 15.4. The zero-order valence-electron chi connectivity index (χ0n) is 12.4. The van der Waals surface area contributed by atoms with Crippen LogP contribution in [0.25, 0.3) is 0 Å². The zero-order chi connectivity index (χ0) is 15.7. The molecule has 0 radical (unpaired) electrons. The van der Waals surface area contributed by atoms with E-state index >= 15 is 0 Å². The second-order valence-electron chi connectivity index (χ2n) is 6.76. The molecule has 0 N–H and O–H groups in total. The Morgan fingerprint density at radius 2 is 1.95 bits per heavy atom. The van der Waals surface area contributed by atoms with Gasteiger partial charge in [-0.15, -0.1) is 0 Å². The Kier molecular flexibility index (Phi) is 3.99. The van der Waals surface area contributed by atoms with Crippen molar-refractivity contribution in [3.8, 4) is 6.07 Å². The van der Waals surface area contributed by atoms with E-state index in [2.05, 4.69) is 19.9 Å². The van der Waals surface area contributed by atoms with Crippen molar-refractivity contribution in [1.82, 2.24) is 0 Å². The fourth-order valence-corrected chi connectivity index (χ4v) is 2.97. The van der Waals surface area contributed by atoms with Crippen molar-refractivity contribution >= 4 is 5.69 Å². The minimum atomic E-state index is -0.617. The number of rotatable bonds is 3. The molecule has 0 spiro atoms. The highest BCUT2D eigenvalue weighted by Gasteiger charge is 2.39. The standard InChI is InChI=1S/C16H19FN2O2/c1-15(2)5-7-16(11-18,8-6-15)10-12-9-13(17)3-4-14(12)19(20)21/h3-4,9H,5-8,10H2,1-2H3. The van der Waals surface area contributed by atoms with E-state index < -0.39 is 16.2 Å². The van der Waals surface area contributed by atoms with Crippen LogP contribution in [-0.4, -0.2) is 4.92 Å². The Morgan fingerprint density at radius 3 is 2.48 bits per heavy atom. The van der Waals surface area contributed by atoms with Gasteiger partial charge in [-0.3, -0.25) is 10.1 Å². The van der Waals surface area contributed by atoms with Crippen LogP contribution in [0.1, 0.15) is 45.1 Å². The van der Waals surface area contributed by atoms with Crippen LogP contribution in [0.15, 0.2) is 18.2 Å². The normalized spacial score (nSPS) is 19.7. The van der Waals surface area contributed by atoms with Gasteiger partial charge in [-0.1, -0.05) is 13.8 Å². The Morgan fingerprint density at radius 1 is 1.33 bits per heavy atom. The summed E-state index contributed by atoms with van der Waals surface area (Å²) in [6, 6.07) is 5.81. The SMILES string of the molecule is CC1(C)CCC(C#N)(Cc2cc(F)ccc2[N+](=O)[O-])CC1. The Hall–Kier alpha value is -1.96. The molecular weight excluding hydrogens is 271 g/mol. The minimum absolute atomic E-state index is 0.101. The highest BCUT2D eigenvalue weighted by Crippen LogP contribution is 2.47. The molecular formula is C16H19FN2O2. The van der Waals surface area contributed by atoms with Crippen molar-refractivity contribution in [2.45, 2.75) is 46.0 Å². The molecule has 0 atom stereocenters. The third-order valence-electron chi connectivity index (χ3n) is 4.56. The molecule has 0 unspecified atom stereocenters. The number of nitro benzene ring substituents is 1. The summed E-state index contributed by atoms with van der Waals surface area (Å²) in [4.78, 5) is 10.6. The van der Waals surface area contributed by atoms with Gasteiger partial charge in [-0.25, -0.2) is 4.39 Å². The Balaban J connectivity index is 2.30. The summed E-state index contributed by atoms with van der Waals surface area (Å²) in [5.74, 6) is -0.500. The number of nitro groups is 1. The maximum Gasteiger partial charge on any atom is 0.272 e. The molecule has 1 aliphatic rings. The summed E-state index contributed by atoms with van der Waals surface area (Å²) in [7, 11) is 0. The lowest BCUT2D eigenvalue weighted by Crippen LogP contribution is -2.32. The van der Waals surface area contributed by atoms with Crippen molar-refractivity contribution in [1.29, 1.82) is 5.26 Å². The van der Waals surface area contributed by atoms with E-state index in [0.717, 1.165) is 18.9 Å². The molecule has 112 valence electrons. The molecule has 2 rings (SSSR count). The van der Waals surface area contributed by atoms with Crippen molar-refractivity contribution in [3.63, 3.8) is 0 Å². The van der Waals surface area contributed by atoms with Gasteiger partial charge in [0.1, 0.15) is 5.82 Å². The van der Waals surface area contributed by atoms with E-state index in [0.29, 0.717) is 18.4 Å². The van der Waals surface area contributed by atoms with Crippen LogP contribution in [0.3, 0.4) is 0 Å². The largest absolute Gasteiger partial charge is 0.272 e. The van der Waals surface area contributed by atoms with E-state index in [-0.39, 0.29) is 17.5 Å². The van der Waals surface area contributed by atoms with Crippen molar-refractivity contribution in [3.05, 3.63) is 39.7 Å². The number of nitrogens with zero attached hydrogens (tertiary/aromatic N) is 2. The van der Waals surface area contributed by atoms with Crippen LogP contribution in [0.2, 0.25) is 0 Å². The number of hydrogen-bond acceptors (Lipinski definition) is 3. The quantitative estimate of drug-likeness (QED) is 0.612. The average Bonchev–Trinajstić information content (AvgIpc) is 2.41. The van der Waals surface area contributed by atoms with E-state index in [1.165, 1.54) is 12.1 Å². The average molecular weight is 290 g/mol. The summed E-state index contributed by atoms with van der Waals surface area (Å²) >= 11 is 0. The fourth-order valence-electron chi connectivity index (χ4n) is 2.97. The maximum atomic E-state index is 13.4. The molecule has 0 amide bonds. The van der Waals surface area contributed by atoms with Gasteiger partial charge in [-0.05, 0) is 49.7 Å². The lowest BCUT2D eigenvalue weighted by molar-refractivity contribution is -0.385. The molecule has 1 aromatic rings. The molecule has 1 aliphatic carbocycles. The lowest BCUT2D eigenvalue weighted by atomic mass is 9.63. The van der Waals surface area contributed by atoms with Crippen LogP contribution in [-0.2, 0) is 6.42 Å². The smallest absolute Gasteiger partial charge is 0.258 e. The van der Waals surface area contributed by atoms with E-state index in [4.69, 9.17) is 0 Å². The van der Waals surface area contributed by atoms with Gasteiger partial charge in [0.15, 0.2) is 0 Å². The first-order valence-electron chi connectivity index (χ1n) is 7.11. The van der Waals surface area contributed by atoms with Gasteiger partial charge in [0, 0.05) is 11.6 Å². The van der Waals surface area contributed by atoms with Gasteiger partial charge in [0.05, 0.1) is 16.4 Å². The third kappa shape index (κ3) is 3.38. The monoisotopic (exact) mass is 290 g/mol. The first-order valence-corrected chi connectivity index (χ1v) is 7.11. The zero-order valence-corrected chi connectivity index (χ0v) is 12.4. The van der Waals surface area contributed by atoms with Crippen molar-refractivity contribution < 1.29 is 9.31 Å². The molecule has 0 bridgehead atoms. The predicted molar refractivity (Wildman–Crippen MR) is 77.1 cm³/mol. The molecule has 0 aromatic heterocycles. The van der Waals surface area contributed by atoms with Gasteiger partial charge in [-0.2, -0.15) is 5.26 Å². The Bertz CT molecular complexity index is 595. The topological polar surface area (TPSA) is 66.9 Å². The summed E-state index contributed by atoms with van der Waals surface area (Å²) in [6.07, 6.45) is 3.45. The number of halogens is 1. The minimum Gasteiger partial charge on any atom is -0.258 e. The fraction of sp³-hybridized carbons (Fsp3) is 0.562. The number of nitriles is 1. The summed E-state index contributed by atoms with van der Waals surface area (Å²) in [5.41, 5.74) is -0.195. The van der Waals surface area contributed by atoms with E-state index in [1.807, 2.05) is 0 Å².